The van der Waals surface area contributed by atoms with Crippen LogP contribution in [0.3, 0.4) is 0 Å². The standard InChI is InChI=1S/C5H5ClN4/c6-4-2-9-1-3(10-4)5(7)8/h1-2H,(H3,7,8). The average Bonchev–Trinajstić information content (AvgIpc) is 1.88. The van der Waals surface area contributed by atoms with Gasteiger partial charge in [-0.15, -0.1) is 0 Å². The van der Waals surface area contributed by atoms with Gasteiger partial charge in [0.25, 0.3) is 0 Å². The number of aromatic nitrogens is 2. The highest BCUT2D eigenvalue weighted by molar-refractivity contribution is 6.29. The second-order valence-electron chi connectivity index (χ2n) is 1.64. The summed E-state index contributed by atoms with van der Waals surface area (Å²) < 4.78 is 0. The van der Waals surface area contributed by atoms with Crippen LogP contribution >= 0.6 is 11.6 Å². The molecule has 0 aromatic carbocycles. The molecule has 4 nitrogen and oxygen atoms in total. The van der Waals surface area contributed by atoms with Gasteiger partial charge in [0, 0.05) is 0 Å². The van der Waals surface area contributed by atoms with E-state index in [4.69, 9.17) is 22.7 Å². The first-order valence-electron chi connectivity index (χ1n) is 2.52. The molecule has 0 aliphatic carbocycles. The van der Waals surface area contributed by atoms with E-state index in [1.165, 1.54) is 12.4 Å². The molecule has 5 heteroatoms. The van der Waals surface area contributed by atoms with Gasteiger partial charge >= 0.3 is 0 Å². The van der Waals surface area contributed by atoms with Crippen molar-refractivity contribution in [1.29, 1.82) is 5.41 Å². The van der Waals surface area contributed by atoms with E-state index < -0.39 is 0 Å². The van der Waals surface area contributed by atoms with Crippen molar-refractivity contribution >= 4 is 17.4 Å². The van der Waals surface area contributed by atoms with E-state index in [1.807, 2.05) is 0 Å². The molecule has 0 bridgehead atoms. The molecule has 1 aromatic rings. The first-order chi connectivity index (χ1) is 4.70. The number of hydrogen-bond acceptors (Lipinski definition) is 3. The summed E-state index contributed by atoms with van der Waals surface area (Å²) in [5.41, 5.74) is 5.40. The summed E-state index contributed by atoms with van der Waals surface area (Å²) in [5.74, 6) is -0.130. The third kappa shape index (κ3) is 1.41. The van der Waals surface area contributed by atoms with Crippen molar-refractivity contribution in [3.63, 3.8) is 0 Å². The molecule has 3 N–H and O–H groups in total. The fourth-order valence-electron chi connectivity index (χ4n) is 0.472. The smallest absolute Gasteiger partial charge is 0.148 e. The first-order valence-corrected chi connectivity index (χ1v) is 2.90. The Balaban J connectivity index is 3.07. The van der Waals surface area contributed by atoms with Crippen LogP contribution in [0.25, 0.3) is 0 Å². The minimum Gasteiger partial charge on any atom is -0.382 e. The van der Waals surface area contributed by atoms with Gasteiger partial charge < -0.3 is 5.73 Å². The Labute approximate surface area is 62.6 Å². The number of nitrogens with one attached hydrogen (secondary N) is 1. The molecule has 1 aromatic heterocycles. The third-order valence-corrected chi connectivity index (χ3v) is 1.06. The number of nitrogen functional groups attached to an aromatic ring is 1. The molecule has 0 fully saturated rings. The molecule has 0 amide bonds. The molecule has 1 rings (SSSR count). The molecule has 1 heterocycles. The van der Waals surface area contributed by atoms with Crippen LogP contribution < -0.4 is 5.73 Å². The molecule has 0 aliphatic heterocycles. The van der Waals surface area contributed by atoms with Crippen LogP contribution in [0.2, 0.25) is 5.15 Å². The van der Waals surface area contributed by atoms with Crippen molar-refractivity contribution in [2.24, 2.45) is 5.73 Å². The highest BCUT2D eigenvalue weighted by Gasteiger charge is 1.97. The van der Waals surface area contributed by atoms with E-state index in [0.717, 1.165) is 0 Å². The summed E-state index contributed by atoms with van der Waals surface area (Å²) in [6, 6.07) is 0. The Morgan fingerprint density at radius 2 is 2.30 bits per heavy atom. The molecule has 0 spiro atoms. The number of halogens is 1. The molecule has 0 atom stereocenters. The third-order valence-electron chi connectivity index (χ3n) is 0.881. The molecular weight excluding hydrogens is 152 g/mol. The molecular formula is C5H5ClN4. The summed E-state index contributed by atoms with van der Waals surface area (Å²) in [7, 11) is 0. The maximum absolute atomic E-state index is 6.95. The van der Waals surface area contributed by atoms with Crippen molar-refractivity contribution in [2.45, 2.75) is 0 Å². The second kappa shape index (κ2) is 2.62. The van der Waals surface area contributed by atoms with Crippen LogP contribution in [-0.4, -0.2) is 15.8 Å². The lowest BCUT2D eigenvalue weighted by Crippen LogP contribution is -2.13. The Hall–Kier alpha value is -1.16. The van der Waals surface area contributed by atoms with E-state index >= 15 is 0 Å². The van der Waals surface area contributed by atoms with Crippen LogP contribution in [0, 0.1) is 5.41 Å². The predicted octanol–water partition coefficient (Wildman–Crippen LogP) is 0.414. The van der Waals surface area contributed by atoms with Crippen molar-refractivity contribution in [3.05, 3.63) is 23.2 Å². The van der Waals surface area contributed by atoms with Gasteiger partial charge in [-0.2, -0.15) is 0 Å². The van der Waals surface area contributed by atoms with Gasteiger partial charge in [-0.25, -0.2) is 4.98 Å². The zero-order valence-electron chi connectivity index (χ0n) is 5.00. The van der Waals surface area contributed by atoms with Crippen LogP contribution in [0.1, 0.15) is 5.69 Å². The van der Waals surface area contributed by atoms with Crippen molar-refractivity contribution < 1.29 is 0 Å². The zero-order chi connectivity index (χ0) is 7.56. The Morgan fingerprint density at radius 3 is 2.70 bits per heavy atom. The quantitative estimate of drug-likeness (QED) is 0.457. The predicted molar refractivity (Wildman–Crippen MR) is 38.1 cm³/mol. The summed E-state index contributed by atoms with van der Waals surface area (Å²) in [4.78, 5) is 7.42. The molecule has 0 unspecified atom stereocenters. The maximum atomic E-state index is 6.95. The summed E-state index contributed by atoms with van der Waals surface area (Å²) in [6.45, 7) is 0. The van der Waals surface area contributed by atoms with Crippen LogP contribution in [0.5, 0.6) is 0 Å². The zero-order valence-corrected chi connectivity index (χ0v) is 5.76. The highest BCUT2D eigenvalue weighted by atomic mass is 35.5. The fraction of sp³-hybridized carbons (Fsp3) is 0. The van der Waals surface area contributed by atoms with E-state index in [1.54, 1.807) is 0 Å². The second-order valence-corrected chi connectivity index (χ2v) is 2.03. The van der Waals surface area contributed by atoms with Gasteiger partial charge in [0.05, 0.1) is 12.4 Å². The van der Waals surface area contributed by atoms with E-state index in [9.17, 15) is 0 Å². The summed E-state index contributed by atoms with van der Waals surface area (Å²) >= 11 is 5.46. The topological polar surface area (TPSA) is 75.7 Å². The number of rotatable bonds is 1. The summed E-state index contributed by atoms with van der Waals surface area (Å²) in [6.07, 6.45) is 2.77. The van der Waals surface area contributed by atoms with Crippen LogP contribution in [0.4, 0.5) is 0 Å². The number of amidine groups is 1. The summed E-state index contributed by atoms with van der Waals surface area (Å²) in [5, 5.41) is 7.19. The van der Waals surface area contributed by atoms with Gasteiger partial charge in [-0.3, -0.25) is 10.4 Å². The minimum absolute atomic E-state index is 0.130. The molecule has 0 saturated heterocycles. The Bertz CT molecular complexity index is 260. The first kappa shape index (κ1) is 6.95. The lowest BCUT2D eigenvalue weighted by molar-refractivity contribution is 1.16. The van der Waals surface area contributed by atoms with E-state index in [2.05, 4.69) is 9.97 Å². The van der Waals surface area contributed by atoms with Gasteiger partial charge in [0.2, 0.25) is 0 Å². The van der Waals surface area contributed by atoms with Crippen molar-refractivity contribution in [3.8, 4) is 0 Å². The van der Waals surface area contributed by atoms with Crippen LogP contribution in [-0.2, 0) is 0 Å². The van der Waals surface area contributed by atoms with Crippen molar-refractivity contribution in [2.75, 3.05) is 0 Å². The lowest BCUT2D eigenvalue weighted by atomic mass is 10.4. The Morgan fingerprint density at radius 1 is 1.60 bits per heavy atom. The molecule has 0 aliphatic rings. The van der Waals surface area contributed by atoms with Gasteiger partial charge in [0.1, 0.15) is 16.7 Å². The molecule has 0 saturated carbocycles. The fourth-order valence-corrected chi connectivity index (χ4v) is 0.619. The average molecular weight is 157 g/mol. The van der Waals surface area contributed by atoms with Gasteiger partial charge in [-0.05, 0) is 0 Å². The maximum Gasteiger partial charge on any atom is 0.148 e. The largest absolute Gasteiger partial charge is 0.382 e. The SMILES string of the molecule is N=C(N)c1cncc(Cl)n1. The molecule has 0 radical (unpaired) electrons. The normalized spacial score (nSPS) is 9.30. The van der Waals surface area contributed by atoms with Crippen molar-refractivity contribution in [1.82, 2.24) is 9.97 Å². The van der Waals surface area contributed by atoms with Gasteiger partial charge in [-0.1, -0.05) is 11.6 Å². The van der Waals surface area contributed by atoms with Gasteiger partial charge in [0.15, 0.2) is 0 Å². The van der Waals surface area contributed by atoms with E-state index in [0.29, 0.717) is 5.69 Å². The molecule has 52 valence electrons. The Kier molecular flexibility index (Phi) is 1.82. The number of hydrogen-bond donors (Lipinski definition) is 2. The minimum atomic E-state index is -0.130. The monoisotopic (exact) mass is 156 g/mol. The van der Waals surface area contributed by atoms with E-state index in [-0.39, 0.29) is 11.0 Å². The molecule has 10 heavy (non-hydrogen) atoms. The number of nitrogens with zero attached hydrogens (tertiary/aromatic N) is 2. The van der Waals surface area contributed by atoms with Crippen LogP contribution in [0.15, 0.2) is 12.4 Å². The highest BCUT2D eigenvalue weighted by Crippen LogP contribution is 2.00. The lowest BCUT2D eigenvalue weighted by Gasteiger charge is -1.94. The number of nitrogens with two attached hydrogens (primary N) is 1.